The summed E-state index contributed by atoms with van der Waals surface area (Å²) in [6.07, 6.45) is 8.97. The highest BCUT2D eigenvalue weighted by atomic mass is 35.5. The molecule has 1 nitrogen and oxygen atoms in total. The summed E-state index contributed by atoms with van der Waals surface area (Å²) in [5.74, 6) is 4.19. The highest BCUT2D eigenvalue weighted by Gasteiger charge is 2.54. The van der Waals surface area contributed by atoms with Gasteiger partial charge in [0.25, 0.3) is 0 Å². The topological polar surface area (TPSA) is 26.0 Å². The Labute approximate surface area is 99.6 Å². The summed E-state index contributed by atoms with van der Waals surface area (Å²) in [6.45, 7) is 3.43. The van der Waals surface area contributed by atoms with Gasteiger partial charge in [-0.3, -0.25) is 0 Å². The number of nitrogens with two attached hydrogens (primary N) is 1. The molecule has 4 aliphatic rings. The third-order valence-electron chi connectivity index (χ3n) is 5.64. The van der Waals surface area contributed by atoms with E-state index in [0.717, 1.165) is 30.2 Å². The summed E-state index contributed by atoms with van der Waals surface area (Å²) in [5, 5.41) is 0. The second kappa shape index (κ2) is 3.92. The van der Waals surface area contributed by atoms with Gasteiger partial charge in [-0.15, -0.1) is 12.4 Å². The second-order valence-corrected chi connectivity index (χ2v) is 6.30. The van der Waals surface area contributed by atoms with Gasteiger partial charge in [0.15, 0.2) is 0 Å². The van der Waals surface area contributed by atoms with Crippen LogP contribution in [0.15, 0.2) is 0 Å². The normalized spacial score (nSPS) is 51.6. The van der Waals surface area contributed by atoms with Gasteiger partial charge in [0.2, 0.25) is 0 Å². The minimum atomic E-state index is 0. The molecule has 0 saturated heterocycles. The Bertz CT molecular complexity index is 227. The van der Waals surface area contributed by atoms with E-state index in [4.69, 9.17) is 5.73 Å². The zero-order chi connectivity index (χ0) is 9.76. The first-order valence-electron chi connectivity index (χ1n) is 6.43. The van der Waals surface area contributed by atoms with Crippen molar-refractivity contribution >= 4 is 12.4 Å². The van der Waals surface area contributed by atoms with Gasteiger partial charge in [0.05, 0.1) is 0 Å². The minimum absolute atomic E-state index is 0. The van der Waals surface area contributed by atoms with Crippen molar-refractivity contribution in [2.75, 3.05) is 6.54 Å². The Morgan fingerprint density at radius 2 is 1.73 bits per heavy atom. The van der Waals surface area contributed by atoms with Crippen molar-refractivity contribution in [2.24, 2.45) is 34.8 Å². The molecule has 0 aliphatic heterocycles. The first-order chi connectivity index (χ1) is 6.73. The Morgan fingerprint density at radius 3 is 2.27 bits per heavy atom. The zero-order valence-electron chi connectivity index (χ0n) is 9.74. The lowest BCUT2D eigenvalue weighted by Gasteiger charge is -2.61. The van der Waals surface area contributed by atoms with Crippen molar-refractivity contribution < 1.29 is 0 Å². The van der Waals surface area contributed by atoms with Gasteiger partial charge in [-0.25, -0.2) is 0 Å². The van der Waals surface area contributed by atoms with Crippen LogP contribution < -0.4 is 5.73 Å². The standard InChI is InChI=1S/C13H23N.ClH/c1-9-12-5-10-4-11(6-12)8-13(9,7-10)2-3-14;/h9-12H,2-8,14H2,1H3;1H. The summed E-state index contributed by atoms with van der Waals surface area (Å²) in [6, 6.07) is 0. The Hall–Kier alpha value is 0.250. The highest BCUT2D eigenvalue weighted by Crippen LogP contribution is 2.63. The molecule has 2 heteroatoms. The average Bonchev–Trinajstić information content (AvgIpc) is 2.13. The van der Waals surface area contributed by atoms with E-state index in [1.165, 1.54) is 19.3 Å². The van der Waals surface area contributed by atoms with Crippen LogP contribution in [0.2, 0.25) is 0 Å². The number of hydrogen-bond acceptors (Lipinski definition) is 1. The zero-order valence-corrected chi connectivity index (χ0v) is 10.6. The van der Waals surface area contributed by atoms with Crippen molar-refractivity contribution in [3.63, 3.8) is 0 Å². The fourth-order valence-electron chi connectivity index (χ4n) is 5.18. The quantitative estimate of drug-likeness (QED) is 0.773. The molecule has 4 fully saturated rings. The Morgan fingerprint density at radius 1 is 1.13 bits per heavy atom. The molecule has 3 unspecified atom stereocenters. The first-order valence-corrected chi connectivity index (χ1v) is 6.43. The monoisotopic (exact) mass is 229 g/mol. The summed E-state index contributed by atoms with van der Waals surface area (Å²) in [7, 11) is 0. The first kappa shape index (κ1) is 11.7. The molecule has 4 rings (SSSR count). The second-order valence-electron chi connectivity index (χ2n) is 6.30. The summed E-state index contributed by atoms with van der Waals surface area (Å²) in [5.41, 5.74) is 6.50. The third kappa shape index (κ3) is 1.63. The van der Waals surface area contributed by atoms with Crippen LogP contribution in [0.5, 0.6) is 0 Å². The van der Waals surface area contributed by atoms with Gasteiger partial charge in [-0.1, -0.05) is 6.92 Å². The highest BCUT2D eigenvalue weighted by molar-refractivity contribution is 5.85. The van der Waals surface area contributed by atoms with Crippen LogP contribution in [0.1, 0.15) is 45.4 Å². The summed E-state index contributed by atoms with van der Waals surface area (Å²) < 4.78 is 0. The van der Waals surface area contributed by atoms with Crippen molar-refractivity contribution in [3.8, 4) is 0 Å². The molecule has 0 aromatic heterocycles. The van der Waals surface area contributed by atoms with Crippen molar-refractivity contribution in [2.45, 2.75) is 45.4 Å². The lowest BCUT2D eigenvalue weighted by atomic mass is 9.45. The van der Waals surface area contributed by atoms with Crippen molar-refractivity contribution in [3.05, 3.63) is 0 Å². The molecule has 0 aromatic rings. The summed E-state index contributed by atoms with van der Waals surface area (Å²) >= 11 is 0. The lowest BCUT2D eigenvalue weighted by Crippen LogP contribution is -2.52. The predicted molar refractivity (Wildman–Crippen MR) is 66.1 cm³/mol. The van der Waals surface area contributed by atoms with E-state index < -0.39 is 0 Å². The number of hydrogen-bond donors (Lipinski definition) is 1. The van der Waals surface area contributed by atoms with E-state index in [2.05, 4.69) is 6.92 Å². The van der Waals surface area contributed by atoms with Crippen LogP contribution in [0.4, 0.5) is 0 Å². The van der Waals surface area contributed by atoms with Crippen molar-refractivity contribution in [1.29, 1.82) is 0 Å². The molecule has 4 saturated carbocycles. The molecular formula is C13H24ClN. The van der Waals surface area contributed by atoms with E-state index >= 15 is 0 Å². The molecule has 0 amide bonds. The van der Waals surface area contributed by atoms with Crippen LogP contribution in [0.25, 0.3) is 0 Å². The fourth-order valence-corrected chi connectivity index (χ4v) is 5.18. The third-order valence-corrected chi connectivity index (χ3v) is 5.64. The van der Waals surface area contributed by atoms with E-state index in [9.17, 15) is 0 Å². The molecule has 3 atom stereocenters. The van der Waals surface area contributed by atoms with E-state index in [1.54, 1.807) is 19.3 Å². The van der Waals surface area contributed by atoms with Crippen molar-refractivity contribution in [1.82, 2.24) is 0 Å². The smallest absolute Gasteiger partial charge is 0.00719 e. The maximum Gasteiger partial charge on any atom is -0.00719 e. The van der Waals surface area contributed by atoms with Gasteiger partial charge in [-0.05, 0) is 74.2 Å². The van der Waals surface area contributed by atoms with E-state index in [-0.39, 0.29) is 12.4 Å². The Balaban J connectivity index is 0.000000853. The lowest BCUT2D eigenvalue weighted by molar-refractivity contribution is -0.104. The number of halogens is 1. The van der Waals surface area contributed by atoms with Gasteiger partial charge in [0.1, 0.15) is 0 Å². The maximum atomic E-state index is 5.81. The van der Waals surface area contributed by atoms with Gasteiger partial charge < -0.3 is 5.73 Å². The SMILES string of the molecule is CC1C2CC3CC(C2)CC1(CCN)C3.Cl. The molecule has 4 bridgehead atoms. The van der Waals surface area contributed by atoms with Gasteiger partial charge in [-0.2, -0.15) is 0 Å². The predicted octanol–water partition coefficient (Wildman–Crippen LogP) is 3.22. The van der Waals surface area contributed by atoms with Crippen LogP contribution in [0.3, 0.4) is 0 Å². The van der Waals surface area contributed by atoms with Gasteiger partial charge in [0, 0.05) is 0 Å². The van der Waals surface area contributed by atoms with Crippen LogP contribution in [0, 0.1) is 29.1 Å². The summed E-state index contributed by atoms with van der Waals surface area (Å²) in [4.78, 5) is 0. The fraction of sp³-hybridized carbons (Fsp3) is 1.00. The average molecular weight is 230 g/mol. The van der Waals surface area contributed by atoms with E-state index in [0.29, 0.717) is 5.41 Å². The molecule has 2 N–H and O–H groups in total. The van der Waals surface area contributed by atoms with E-state index in [1.807, 2.05) is 0 Å². The molecule has 0 aromatic carbocycles. The minimum Gasteiger partial charge on any atom is -0.330 e. The Kier molecular flexibility index (Phi) is 3.07. The largest absolute Gasteiger partial charge is 0.330 e. The number of rotatable bonds is 2. The van der Waals surface area contributed by atoms with Crippen LogP contribution >= 0.6 is 12.4 Å². The van der Waals surface area contributed by atoms with Crippen LogP contribution in [-0.2, 0) is 0 Å². The molecule has 15 heavy (non-hydrogen) atoms. The molecule has 0 heterocycles. The van der Waals surface area contributed by atoms with Gasteiger partial charge >= 0.3 is 0 Å². The van der Waals surface area contributed by atoms with Crippen LogP contribution in [-0.4, -0.2) is 6.54 Å². The molecule has 0 radical (unpaired) electrons. The molecule has 4 aliphatic carbocycles. The molecular weight excluding hydrogens is 206 g/mol. The maximum absolute atomic E-state index is 5.81. The molecule has 88 valence electrons. The molecule has 0 spiro atoms.